The molecule has 1 aliphatic rings. The van der Waals surface area contributed by atoms with E-state index in [1.54, 1.807) is 4.90 Å². The fourth-order valence-corrected chi connectivity index (χ4v) is 2.40. The van der Waals surface area contributed by atoms with Gasteiger partial charge in [-0.1, -0.05) is 13.3 Å². The third-order valence-electron chi connectivity index (χ3n) is 3.78. The van der Waals surface area contributed by atoms with E-state index in [0.717, 1.165) is 19.4 Å². The normalized spacial score (nSPS) is 17.9. The molecule has 0 bridgehead atoms. The van der Waals surface area contributed by atoms with Crippen LogP contribution >= 0.6 is 0 Å². The molecule has 6 nitrogen and oxygen atoms in total. The largest absolute Gasteiger partial charge is 0.370 e. The Bertz CT molecular complexity index is 311. The number of amides is 2. The molecule has 0 aromatic carbocycles. The van der Waals surface area contributed by atoms with E-state index >= 15 is 0 Å². The summed E-state index contributed by atoms with van der Waals surface area (Å²) in [6.07, 6.45) is 2.94. The summed E-state index contributed by atoms with van der Waals surface area (Å²) in [6, 6.07) is 0. The van der Waals surface area contributed by atoms with Gasteiger partial charge in [0.1, 0.15) is 6.10 Å². The van der Waals surface area contributed by atoms with Crippen molar-refractivity contribution in [3.05, 3.63) is 0 Å². The number of nitrogens with two attached hydrogens (primary N) is 1. The van der Waals surface area contributed by atoms with Gasteiger partial charge in [-0.15, -0.1) is 0 Å². The lowest BCUT2D eigenvalue weighted by molar-refractivity contribution is -0.144. The van der Waals surface area contributed by atoms with Crippen LogP contribution in [0.5, 0.6) is 0 Å². The topological polar surface area (TPSA) is 84.7 Å². The number of piperidine rings is 1. The van der Waals surface area contributed by atoms with E-state index in [0.29, 0.717) is 25.9 Å². The van der Waals surface area contributed by atoms with Gasteiger partial charge in [-0.05, 0) is 19.3 Å². The minimum atomic E-state index is -0.565. The van der Waals surface area contributed by atoms with Crippen molar-refractivity contribution in [3.8, 4) is 0 Å². The second-order valence-electron chi connectivity index (χ2n) is 5.20. The van der Waals surface area contributed by atoms with Crippen LogP contribution in [0.25, 0.3) is 0 Å². The summed E-state index contributed by atoms with van der Waals surface area (Å²) in [7, 11) is 1.49. The first-order valence-corrected chi connectivity index (χ1v) is 7.43. The predicted molar refractivity (Wildman–Crippen MR) is 77.1 cm³/mol. The van der Waals surface area contributed by atoms with Gasteiger partial charge in [0.05, 0.1) is 0 Å². The molecule has 1 atom stereocenters. The zero-order valence-electron chi connectivity index (χ0n) is 12.6. The summed E-state index contributed by atoms with van der Waals surface area (Å²) in [5.74, 6) is 0.0716. The molecular formula is C14H27N3O3. The van der Waals surface area contributed by atoms with Crippen LogP contribution in [0.1, 0.15) is 32.6 Å². The van der Waals surface area contributed by atoms with Crippen molar-refractivity contribution >= 4 is 11.8 Å². The van der Waals surface area contributed by atoms with Crippen molar-refractivity contribution in [1.29, 1.82) is 0 Å². The number of ether oxygens (including phenoxy) is 1. The summed E-state index contributed by atoms with van der Waals surface area (Å²) < 4.78 is 5.06. The molecule has 0 radical (unpaired) electrons. The minimum absolute atomic E-state index is 0.0229. The minimum Gasteiger partial charge on any atom is -0.370 e. The number of likely N-dealkylation sites (tertiary alicyclic amines) is 1. The maximum Gasteiger partial charge on any atom is 0.253 e. The summed E-state index contributed by atoms with van der Waals surface area (Å²) in [4.78, 5) is 25.8. The second-order valence-corrected chi connectivity index (χ2v) is 5.20. The van der Waals surface area contributed by atoms with Crippen molar-refractivity contribution in [1.82, 2.24) is 10.2 Å². The SMILES string of the molecule is CCCCNC(=O)C1CCN(C(=O)C(CN)OC)CC1. The molecule has 6 heteroatoms. The fraction of sp³-hybridized carbons (Fsp3) is 0.857. The van der Waals surface area contributed by atoms with Crippen LogP contribution in [0.3, 0.4) is 0 Å². The van der Waals surface area contributed by atoms with Gasteiger partial charge in [-0.3, -0.25) is 9.59 Å². The molecule has 3 N–H and O–H groups in total. The third kappa shape index (κ3) is 4.76. The van der Waals surface area contributed by atoms with Crippen molar-refractivity contribution in [2.45, 2.75) is 38.7 Å². The van der Waals surface area contributed by atoms with Crippen LogP contribution in [-0.2, 0) is 14.3 Å². The molecule has 1 heterocycles. The molecule has 0 aromatic rings. The van der Waals surface area contributed by atoms with E-state index in [2.05, 4.69) is 12.2 Å². The van der Waals surface area contributed by atoms with Crippen LogP contribution < -0.4 is 11.1 Å². The molecule has 1 fully saturated rings. The standard InChI is InChI=1S/C14H27N3O3/c1-3-4-7-16-13(18)11-5-8-17(9-6-11)14(19)12(10-15)20-2/h11-12H,3-10,15H2,1-2H3,(H,16,18). The summed E-state index contributed by atoms with van der Waals surface area (Å²) in [6.45, 7) is 4.23. The predicted octanol–water partition coefficient (Wildman–Crippen LogP) is 0.115. The maximum atomic E-state index is 12.1. The zero-order chi connectivity index (χ0) is 15.0. The quantitative estimate of drug-likeness (QED) is 0.650. The molecule has 0 aliphatic carbocycles. The Labute approximate surface area is 121 Å². The number of rotatable bonds is 7. The Hall–Kier alpha value is -1.14. The lowest BCUT2D eigenvalue weighted by Gasteiger charge is -2.33. The van der Waals surface area contributed by atoms with Crippen LogP contribution in [0, 0.1) is 5.92 Å². The van der Waals surface area contributed by atoms with Crippen LogP contribution in [0.15, 0.2) is 0 Å². The summed E-state index contributed by atoms with van der Waals surface area (Å²) in [5, 5.41) is 2.96. The molecule has 1 rings (SSSR count). The van der Waals surface area contributed by atoms with Gasteiger partial charge in [0.2, 0.25) is 5.91 Å². The van der Waals surface area contributed by atoms with Crippen molar-refractivity contribution in [2.24, 2.45) is 11.7 Å². The van der Waals surface area contributed by atoms with E-state index in [1.165, 1.54) is 7.11 Å². The highest BCUT2D eigenvalue weighted by Crippen LogP contribution is 2.18. The smallest absolute Gasteiger partial charge is 0.253 e. The lowest BCUT2D eigenvalue weighted by atomic mass is 9.95. The van der Waals surface area contributed by atoms with Crippen molar-refractivity contribution < 1.29 is 14.3 Å². The molecule has 1 aliphatic heterocycles. The molecule has 0 spiro atoms. The van der Waals surface area contributed by atoms with E-state index in [4.69, 9.17) is 10.5 Å². The molecule has 20 heavy (non-hydrogen) atoms. The number of hydrogen-bond donors (Lipinski definition) is 2. The molecule has 1 saturated heterocycles. The molecule has 0 saturated carbocycles. The van der Waals surface area contributed by atoms with Gasteiger partial charge >= 0.3 is 0 Å². The number of carbonyl (C=O) groups is 2. The van der Waals surface area contributed by atoms with Crippen molar-refractivity contribution in [3.63, 3.8) is 0 Å². The first-order chi connectivity index (χ1) is 9.63. The van der Waals surface area contributed by atoms with Gasteiger partial charge in [0, 0.05) is 39.2 Å². The monoisotopic (exact) mass is 285 g/mol. The van der Waals surface area contributed by atoms with E-state index in [9.17, 15) is 9.59 Å². The third-order valence-corrected chi connectivity index (χ3v) is 3.78. The van der Waals surface area contributed by atoms with Gasteiger partial charge in [0.25, 0.3) is 5.91 Å². The highest BCUT2D eigenvalue weighted by molar-refractivity contribution is 5.82. The first-order valence-electron chi connectivity index (χ1n) is 7.43. The molecule has 116 valence electrons. The van der Waals surface area contributed by atoms with Crippen molar-refractivity contribution in [2.75, 3.05) is 33.3 Å². The highest BCUT2D eigenvalue weighted by Gasteiger charge is 2.30. The lowest BCUT2D eigenvalue weighted by Crippen LogP contribution is -2.48. The van der Waals surface area contributed by atoms with Gasteiger partial charge < -0.3 is 20.7 Å². The number of hydrogen-bond acceptors (Lipinski definition) is 4. The van der Waals surface area contributed by atoms with E-state index in [1.807, 2.05) is 0 Å². The highest BCUT2D eigenvalue weighted by atomic mass is 16.5. The van der Waals surface area contributed by atoms with Gasteiger partial charge in [0.15, 0.2) is 0 Å². The maximum absolute atomic E-state index is 12.1. The van der Waals surface area contributed by atoms with Crippen LogP contribution in [0.2, 0.25) is 0 Å². The number of methoxy groups -OCH3 is 1. The van der Waals surface area contributed by atoms with E-state index < -0.39 is 6.10 Å². The number of carbonyl (C=O) groups excluding carboxylic acids is 2. The summed E-state index contributed by atoms with van der Waals surface area (Å²) in [5.41, 5.74) is 5.50. The number of unbranched alkanes of at least 4 members (excludes halogenated alkanes) is 1. The van der Waals surface area contributed by atoms with Crippen LogP contribution in [0.4, 0.5) is 0 Å². The average molecular weight is 285 g/mol. The molecule has 0 aromatic heterocycles. The Morgan fingerprint density at radius 3 is 2.55 bits per heavy atom. The molecule has 2 amide bonds. The zero-order valence-corrected chi connectivity index (χ0v) is 12.6. The Kier molecular flexibility index (Phi) is 7.54. The van der Waals surface area contributed by atoms with Gasteiger partial charge in [-0.25, -0.2) is 0 Å². The average Bonchev–Trinajstić information content (AvgIpc) is 2.48. The Morgan fingerprint density at radius 2 is 2.05 bits per heavy atom. The Balaban J connectivity index is 2.35. The number of nitrogens with one attached hydrogen (secondary N) is 1. The Morgan fingerprint density at radius 1 is 1.40 bits per heavy atom. The number of nitrogens with zero attached hydrogens (tertiary/aromatic N) is 1. The first kappa shape index (κ1) is 16.9. The molecular weight excluding hydrogens is 258 g/mol. The fourth-order valence-electron chi connectivity index (χ4n) is 2.40. The summed E-state index contributed by atoms with van der Waals surface area (Å²) >= 11 is 0. The van der Waals surface area contributed by atoms with E-state index in [-0.39, 0.29) is 24.3 Å². The second kappa shape index (κ2) is 8.92. The van der Waals surface area contributed by atoms with Gasteiger partial charge in [-0.2, -0.15) is 0 Å². The molecule has 1 unspecified atom stereocenters. The van der Waals surface area contributed by atoms with Crippen LogP contribution in [-0.4, -0.2) is 56.1 Å².